The van der Waals surface area contributed by atoms with Crippen LogP contribution in [0.1, 0.15) is 28.7 Å². The summed E-state index contributed by atoms with van der Waals surface area (Å²) in [5.74, 6) is -0.317. The molecule has 0 aliphatic heterocycles. The molecule has 0 aliphatic rings. The first-order chi connectivity index (χ1) is 13.3. The third-order valence-corrected chi connectivity index (χ3v) is 4.44. The van der Waals surface area contributed by atoms with Crippen molar-refractivity contribution < 1.29 is 27.2 Å². The van der Waals surface area contributed by atoms with E-state index in [9.17, 15) is 22.8 Å². The molecule has 3 aromatic rings. The summed E-state index contributed by atoms with van der Waals surface area (Å²) in [7, 11) is 0. The van der Waals surface area contributed by atoms with Crippen molar-refractivity contribution >= 4 is 17.7 Å². The van der Waals surface area contributed by atoms with Gasteiger partial charge in [-0.2, -0.15) is 13.2 Å². The van der Waals surface area contributed by atoms with Gasteiger partial charge in [0, 0.05) is 6.07 Å². The lowest BCUT2D eigenvalue weighted by Crippen LogP contribution is -2.20. The monoisotopic (exact) mass is 414 g/mol. The summed E-state index contributed by atoms with van der Waals surface area (Å²) in [5.41, 5.74) is -2.16. The maximum atomic E-state index is 13.3. The molecule has 0 saturated carbocycles. The van der Waals surface area contributed by atoms with Crippen molar-refractivity contribution in [1.29, 1.82) is 0 Å². The fourth-order valence-corrected chi connectivity index (χ4v) is 3.15. The Labute approximate surface area is 159 Å². The Morgan fingerprint density at radius 1 is 1.36 bits per heavy atom. The number of H-pyrrole nitrogens is 1. The minimum Gasteiger partial charge on any atom is -0.461 e. The molecule has 0 saturated heterocycles. The fourth-order valence-electron chi connectivity index (χ4n) is 2.32. The predicted octanol–water partition coefficient (Wildman–Crippen LogP) is 3.04. The fraction of sp³-hybridized carbons (Fsp3) is 0.250. The number of esters is 1. The zero-order chi connectivity index (χ0) is 20.3. The average Bonchev–Trinajstić information content (AvgIpc) is 3.26. The molecule has 148 valence electrons. The summed E-state index contributed by atoms with van der Waals surface area (Å²) < 4.78 is 50.5. The molecule has 2 heterocycles. The molecule has 3 rings (SSSR count). The van der Waals surface area contributed by atoms with Crippen LogP contribution in [-0.4, -0.2) is 32.5 Å². The number of ether oxygens (including phenoxy) is 1. The smallest absolute Gasteiger partial charge is 0.418 e. The van der Waals surface area contributed by atoms with Gasteiger partial charge < -0.3 is 9.26 Å². The summed E-state index contributed by atoms with van der Waals surface area (Å²) in [6.07, 6.45) is -4.64. The molecule has 0 spiro atoms. The molecular weight excluding hydrogens is 401 g/mol. The van der Waals surface area contributed by atoms with Crippen LogP contribution in [0.15, 0.2) is 44.8 Å². The number of aromatic nitrogens is 4. The first-order valence-corrected chi connectivity index (χ1v) is 8.89. The van der Waals surface area contributed by atoms with Gasteiger partial charge in [0.15, 0.2) is 10.9 Å². The topological polar surface area (TPSA) is 103 Å². The van der Waals surface area contributed by atoms with Crippen molar-refractivity contribution in [2.75, 3.05) is 6.61 Å². The zero-order valence-corrected chi connectivity index (χ0v) is 15.1. The number of rotatable bonds is 6. The molecule has 0 bridgehead atoms. The Balaban J connectivity index is 1.86. The second kappa shape index (κ2) is 7.92. The Morgan fingerprint density at radius 3 is 2.82 bits per heavy atom. The van der Waals surface area contributed by atoms with Crippen LogP contribution in [0.5, 0.6) is 0 Å². The molecule has 0 aliphatic carbocycles. The van der Waals surface area contributed by atoms with E-state index in [1.54, 1.807) is 6.92 Å². The van der Waals surface area contributed by atoms with E-state index in [4.69, 9.17) is 9.26 Å². The molecule has 1 N–H and O–H groups in total. The first kappa shape index (κ1) is 19.7. The summed E-state index contributed by atoms with van der Waals surface area (Å²) in [5, 5.41) is 9.48. The van der Waals surface area contributed by atoms with E-state index < -0.39 is 23.4 Å². The Morgan fingerprint density at radius 2 is 2.11 bits per heavy atom. The lowest BCUT2D eigenvalue weighted by atomic mass is 10.1. The van der Waals surface area contributed by atoms with E-state index in [1.807, 2.05) is 0 Å². The molecule has 0 amide bonds. The van der Waals surface area contributed by atoms with E-state index in [1.165, 1.54) is 24.3 Å². The van der Waals surface area contributed by atoms with Crippen LogP contribution < -0.4 is 5.69 Å². The minimum absolute atomic E-state index is 0.00390. The molecule has 0 radical (unpaired) electrons. The van der Waals surface area contributed by atoms with Crippen LogP contribution in [0.4, 0.5) is 13.2 Å². The number of nitrogens with one attached hydrogen (secondary N) is 1. The molecule has 12 heteroatoms. The third kappa shape index (κ3) is 4.11. The molecular formula is C16H13F3N4O4S. The largest absolute Gasteiger partial charge is 0.461 e. The molecule has 8 nitrogen and oxygen atoms in total. The van der Waals surface area contributed by atoms with Crippen molar-refractivity contribution in [2.24, 2.45) is 0 Å². The normalized spacial score (nSPS) is 11.6. The number of carbonyl (C=O) groups is 1. The SMILES string of the molecule is CCOC(=O)c1cc(CSc2n[nH]c(=O)n2-c2ccccc2C(F)(F)F)on1. The number of hydrogen-bond donors (Lipinski definition) is 1. The van der Waals surface area contributed by atoms with Crippen molar-refractivity contribution in [3.63, 3.8) is 0 Å². The second-order valence-corrected chi connectivity index (χ2v) is 6.29. The standard InChI is InChI=1S/C16H13F3N4O4S/c1-2-26-13(24)11-7-9(27-22-11)8-28-15-21-20-14(25)23(15)12-6-4-3-5-10(12)16(17,18)19/h3-7H,2,8H2,1H3,(H,20,25). The van der Waals surface area contributed by atoms with Gasteiger partial charge in [-0.25, -0.2) is 19.3 Å². The van der Waals surface area contributed by atoms with E-state index in [0.717, 1.165) is 22.4 Å². The van der Waals surface area contributed by atoms with Gasteiger partial charge in [-0.1, -0.05) is 29.1 Å². The first-order valence-electron chi connectivity index (χ1n) is 7.90. The van der Waals surface area contributed by atoms with Gasteiger partial charge in [-0.05, 0) is 19.1 Å². The lowest BCUT2D eigenvalue weighted by molar-refractivity contribution is -0.137. The number of nitrogens with zero attached hydrogens (tertiary/aromatic N) is 3. The van der Waals surface area contributed by atoms with Gasteiger partial charge in [-0.3, -0.25) is 0 Å². The highest BCUT2D eigenvalue weighted by Gasteiger charge is 2.34. The Bertz CT molecular complexity index is 1040. The number of para-hydroxylation sites is 1. The number of benzene rings is 1. The number of halogens is 3. The quantitative estimate of drug-likeness (QED) is 0.488. The molecule has 0 unspecified atom stereocenters. The summed E-state index contributed by atoms with van der Waals surface area (Å²) in [6, 6.07) is 6.03. The minimum atomic E-state index is -4.64. The van der Waals surface area contributed by atoms with Gasteiger partial charge in [-0.15, -0.1) is 5.10 Å². The molecule has 28 heavy (non-hydrogen) atoms. The molecule has 2 aromatic heterocycles. The Kier molecular flexibility index (Phi) is 5.58. The average molecular weight is 414 g/mol. The maximum Gasteiger partial charge on any atom is 0.418 e. The summed E-state index contributed by atoms with van der Waals surface area (Å²) >= 11 is 0.941. The third-order valence-electron chi connectivity index (χ3n) is 3.48. The number of carbonyl (C=O) groups excluding carboxylic acids is 1. The van der Waals surface area contributed by atoms with Crippen LogP contribution in [0.25, 0.3) is 5.69 Å². The van der Waals surface area contributed by atoms with E-state index >= 15 is 0 Å². The van der Waals surface area contributed by atoms with Gasteiger partial charge in [0.25, 0.3) is 0 Å². The second-order valence-electron chi connectivity index (χ2n) is 5.35. The van der Waals surface area contributed by atoms with E-state index in [-0.39, 0.29) is 34.7 Å². The van der Waals surface area contributed by atoms with E-state index in [2.05, 4.69) is 15.4 Å². The van der Waals surface area contributed by atoms with Crippen LogP contribution in [-0.2, 0) is 16.7 Å². The molecule has 0 fully saturated rings. The molecule has 1 aromatic carbocycles. The highest BCUT2D eigenvalue weighted by Crippen LogP contribution is 2.34. The van der Waals surface area contributed by atoms with Gasteiger partial charge in [0.1, 0.15) is 5.76 Å². The van der Waals surface area contributed by atoms with Gasteiger partial charge >= 0.3 is 17.8 Å². The van der Waals surface area contributed by atoms with Crippen LogP contribution in [0.3, 0.4) is 0 Å². The number of aromatic amines is 1. The van der Waals surface area contributed by atoms with Crippen LogP contribution in [0.2, 0.25) is 0 Å². The highest BCUT2D eigenvalue weighted by atomic mass is 32.2. The van der Waals surface area contributed by atoms with Crippen molar-refractivity contribution in [3.8, 4) is 5.69 Å². The van der Waals surface area contributed by atoms with Crippen molar-refractivity contribution in [1.82, 2.24) is 19.9 Å². The summed E-state index contributed by atoms with van der Waals surface area (Å²) in [6.45, 7) is 1.82. The number of hydrogen-bond acceptors (Lipinski definition) is 7. The van der Waals surface area contributed by atoms with Gasteiger partial charge in [0.2, 0.25) is 0 Å². The summed E-state index contributed by atoms with van der Waals surface area (Å²) in [4.78, 5) is 23.6. The number of alkyl halides is 3. The predicted molar refractivity (Wildman–Crippen MR) is 91.2 cm³/mol. The highest BCUT2D eigenvalue weighted by molar-refractivity contribution is 7.98. The van der Waals surface area contributed by atoms with Crippen molar-refractivity contribution in [3.05, 3.63) is 57.8 Å². The number of thioether (sulfide) groups is 1. The zero-order valence-electron chi connectivity index (χ0n) is 14.3. The van der Waals surface area contributed by atoms with Gasteiger partial charge in [0.05, 0.1) is 23.6 Å². The maximum absolute atomic E-state index is 13.3. The Hall–Kier alpha value is -3.02. The van der Waals surface area contributed by atoms with Crippen molar-refractivity contribution in [2.45, 2.75) is 24.0 Å². The van der Waals surface area contributed by atoms with Crippen LogP contribution in [0, 0.1) is 0 Å². The van der Waals surface area contributed by atoms with E-state index in [0.29, 0.717) is 0 Å². The van der Waals surface area contributed by atoms with Crippen LogP contribution >= 0.6 is 11.8 Å². The molecule has 0 atom stereocenters. The lowest BCUT2D eigenvalue weighted by Gasteiger charge is -2.13.